The van der Waals surface area contributed by atoms with Gasteiger partial charge in [0.25, 0.3) is 0 Å². The number of nitrogens with zero attached hydrogens (tertiary/aromatic N) is 2. The van der Waals surface area contributed by atoms with E-state index in [0.29, 0.717) is 0 Å². The van der Waals surface area contributed by atoms with Crippen molar-refractivity contribution in [1.29, 1.82) is 0 Å². The lowest BCUT2D eigenvalue weighted by molar-refractivity contribution is -0.109. The summed E-state index contributed by atoms with van der Waals surface area (Å²) in [6.45, 7) is 8.11. The van der Waals surface area contributed by atoms with Gasteiger partial charge in [-0.3, -0.25) is 4.90 Å². The molecule has 0 N–H and O–H groups in total. The number of rotatable bonds is 3. The summed E-state index contributed by atoms with van der Waals surface area (Å²) in [5.41, 5.74) is 4.02. The van der Waals surface area contributed by atoms with E-state index in [4.69, 9.17) is 0 Å². The maximum Gasteiger partial charge on any atom is 0.148 e. The van der Waals surface area contributed by atoms with E-state index in [1.54, 1.807) is 0 Å². The molecule has 2 rings (SSSR count). The summed E-state index contributed by atoms with van der Waals surface area (Å²) in [5, 5.41) is 0. The van der Waals surface area contributed by atoms with E-state index < -0.39 is 0 Å². The number of anilines is 1. The topological polar surface area (TPSA) is 23.6 Å². The number of benzene rings is 1. The molecule has 0 amide bonds. The fourth-order valence-corrected chi connectivity index (χ4v) is 2.78. The van der Waals surface area contributed by atoms with Gasteiger partial charge in [-0.25, -0.2) is 0 Å². The van der Waals surface area contributed by atoms with Gasteiger partial charge in [0.2, 0.25) is 0 Å². The Morgan fingerprint density at radius 1 is 1.22 bits per heavy atom. The lowest BCUT2D eigenvalue weighted by Gasteiger charge is -2.37. The van der Waals surface area contributed by atoms with E-state index in [-0.39, 0.29) is 4.95 Å². The molecule has 0 spiro atoms. The van der Waals surface area contributed by atoms with Crippen LogP contribution in [0.5, 0.6) is 0 Å². The van der Waals surface area contributed by atoms with Gasteiger partial charge in [-0.1, -0.05) is 28.1 Å². The van der Waals surface area contributed by atoms with Crippen molar-refractivity contribution >= 4 is 27.9 Å². The first-order chi connectivity index (χ1) is 8.63. The van der Waals surface area contributed by atoms with Crippen LogP contribution >= 0.6 is 15.9 Å². The zero-order chi connectivity index (χ0) is 13.1. The van der Waals surface area contributed by atoms with Gasteiger partial charge in [-0.15, -0.1) is 0 Å². The number of hydrogen-bond acceptors (Lipinski definition) is 3. The molecule has 1 unspecified atom stereocenters. The van der Waals surface area contributed by atoms with Gasteiger partial charge in [0.15, 0.2) is 0 Å². The number of alkyl halides is 1. The molecule has 1 aliphatic rings. The number of aryl methyl sites for hydroxylation is 1. The van der Waals surface area contributed by atoms with E-state index >= 15 is 0 Å². The Morgan fingerprint density at radius 2 is 1.89 bits per heavy atom. The third kappa shape index (κ3) is 2.75. The Bertz CT molecular complexity index is 428. The fraction of sp³-hybridized carbons (Fsp3) is 0.500. The summed E-state index contributed by atoms with van der Waals surface area (Å²) in [7, 11) is 0. The molecule has 18 heavy (non-hydrogen) atoms. The van der Waals surface area contributed by atoms with Crippen molar-refractivity contribution in [2.45, 2.75) is 18.8 Å². The number of piperazine rings is 1. The molecule has 3 nitrogen and oxygen atoms in total. The van der Waals surface area contributed by atoms with Crippen molar-refractivity contribution in [2.75, 3.05) is 31.1 Å². The minimum Gasteiger partial charge on any atom is -0.369 e. The molecule has 1 aliphatic heterocycles. The first-order valence-corrected chi connectivity index (χ1v) is 7.19. The molecular formula is C14H19BrN2O. The molecule has 1 atom stereocenters. The molecule has 0 saturated carbocycles. The van der Waals surface area contributed by atoms with Crippen LogP contribution in [0.2, 0.25) is 0 Å². The first-order valence-electron chi connectivity index (χ1n) is 6.28. The highest BCUT2D eigenvalue weighted by atomic mass is 79.9. The predicted octanol–water partition coefficient (Wildman–Crippen LogP) is 2.35. The minimum atomic E-state index is -0.141. The standard InChI is InChI=1S/C14H19BrN2O/c1-11-4-3-5-13(12(11)2)16-6-8-17(9-7-16)14(15)10-18/h3-5,10,14H,6-9H2,1-2H3. The second-order valence-corrected chi connectivity index (χ2v) is 5.69. The van der Waals surface area contributed by atoms with Crippen LogP contribution in [0.1, 0.15) is 11.1 Å². The molecule has 0 radical (unpaired) electrons. The van der Waals surface area contributed by atoms with Gasteiger partial charge in [0.05, 0.1) is 0 Å². The van der Waals surface area contributed by atoms with Gasteiger partial charge < -0.3 is 9.69 Å². The summed E-state index contributed by atoms with van der Waals surface area (Å²) >= 11 is 3.38. The number of halogens is 1. The highest BCUT2D eigenvalue weighted by Gasteiger charge is 2.22. The van der Waals surface area contributed by atoms with Crippen molar-refractivity contribution in [3.8, 4) is 0 Å². The smallest absolute Gasteiger partial charge is 0.148 e. The summed E-state index contributed by atoms with van der Waals surface area (Å²) in [6.07, 6.45) is 0.952. The van der Waals surface area contributed by atoms with Crippen LogP contribution < -0.4 is 4.90 Å². The largest absolute Gasteiger partial charge is 0.369 e. The third-order valence-electron chi connectivity index (χ3n) is 3.69. The van der Waals surface area contributed by atoms with Crippen LogP contribution in [0, 0.1) is 13.8 Å². The van der Waals surface area contributed by atoms with Crippen molar-refractivity contribution in [3.05, 3.63) is 29.3 Å². The van der Waals surface area contributed by atoms with Gasteiger partial charge in [-0.2, -0.15) is 0 Å². The SMILES string of the molecule is Cc1cccc(N2CCN(C(Br)C=O)CC2)c1C. The van der Waals surface area contributed by atoms with Gasteiger partial charge in [0, 0.05) is 31.9 Å². The molecule has 0 aromatic heterocycles. The van der Waals surface area contributed by atoms with Gasteiger partial charge in [-0.05, 0) is 31.0 Å². The molecule has 98 valence electrons. The zero-order valence-corrected chi connectivity index (χ0v) is 12.5. The Morgan fingerprint density at radius 3 is 2.50 bits per heavy atom. The Balaban J connectivity index is 2.05. The lowest BCUT2D eigenvalue weighted by atomic mass is 10.1. The molecular weight excluding hydrogens is 292 g/mol. The molecule has 0 bridgehead atoms. The summed E-state index contributed by atoms with van der Waals surface area (Å²) in [6, 6.07) is 6.45. The molecule has 1 fully saturated rings. The van der Waals surface area contributed by atoms with Crippen molar-refractivity contribution in [1.82, 2.24) is 4.90 Å². The van der Waals surface area contributed by atoms with Crippen molar-refractivity contribution in [3.63, 3.8) is 0 Å². The quantitative estimate of drug-likeness (QED) is 0.486. The van der Waals surface area contributed by atoms with Crippen molar-refractivity contribution in [2.24, 2.45) is 0 Å². The lowest BCUT2D eigenvalue weighted by Crippen LogP contribution is -2.49. The normalized spacial score (nSPS) is 18.7. The molecule has 4 heteroatoms. The molecule has 1 aromatic carbocycles. The molecule has 1 saturated heterocycles. The summed E-state index contributed by atoms with van der Waals surface area (Å²) in [5.74, 6) is 0. The van der Waals surface area contributed by atoms with E-state index in [1.807, 2.05) is 0 Å². The molecule has 1 aromatic rings. The third-order valence-corrected chi connectivity index (χ3v) is 4.49. The van der Waals surface area contributed by atoms with E-state index in [9.17, 15) is 4.79 Å². The van der Waals surface area contributed by atoms with Crippen LogP contribution in [0.25, 0.3) is 0 Å². The predicted molar refractivity (Wildman–Crippen MR) is 78.5 cm³/mol. The van der Waals surface area contributed by atoms with Crippen LogP contribution in [0.4, 0.5) is 5.69 Å². The summed E-state index contributed by atoms with van der Waals surface area (Å²) < 4.78 is 0. The van der Waals surface area contributed by atoms with Crippen LogP contribution in [-0.4, -0.2) is 42.3 Å². The van der Waals surface area contributed by atoms with E-state index in [0.717, 1.165) is 32.5 Å². The highest BCUT2D eigenvalue weighted by molar-refractivity contribution is 9.09. The van der Waals surface area contributed by atoms with Crippen molar-refractivity contribution < 1.29 is 4.79 Å². The average molecular weight is 311 g/mol. The van der Waals surface area contributed by atoms with E-state index in [1.165, 1.54) is 16.8 Å². The Kier molecular flexibility index (Phi) is 4.40. The van der Waals surface area contributed by atoms with Crippen LogP contribution in [0.15, 0.2) is 18.2 Å². The van der Waals surface area contributed by atoms with Gasteiger partial charge >= 0.3 is 0 Å². The maximum absolute atomic E-state index is 10.8. The summed E-state index contributed by atoms with van der Waals surface area (Å²) in [4.78, 5) is 15.2. The first kappa shape index (κ1) is 13.6. The Labute approximate surface area is 117 Å². The maximum atomic E-state index is 10.8. The highest BCUT2D eigenvalue weighted by Crippen LogP contribution is 2.24. The number of carbonyl (C=O) groups is 1. The van der Waals surface area contributed by atoms with Crippen LogP contribution in [-0.2, 0) is 4.79 Å². The molecule has 0 aliphatic carbocycles. The second-order valence-electron chi connectivity index (χ2n) is 4.75. The molecule has 1 heterocycles. The fourth-order valence-electron chi connectivity index (χ4n) is 2.37. The average Bonchev–Trinajstić information content (AvgIpc) is 2.41. The number of carbonyl (C=O) groups excluding carboxylic acids is 1. The number of aldehydes is 1. The Hall–Kier alpha value is -0.870. The minimum absolute atomic E-state index is 0.141. The van der Waals surface area contributed by atoms with Crippen LogP contribution in [0.3, 0.4) is 0 Å². The van der Waals surface area contributed by atoms with Gasteiger partial charge in [0.1, 0.15) is 11.2 Å². The van der Waals surface area contributed by atoms with E-state index in [2.05, 4.69) is 57.8 Å². The second kappa shape index (κ2) is 5.85. The monoisotopic (exact) mass is 310 g/mol. The zero-order valence-electron chi connectivity index (χ0n) is 10.9. The number of hydrogen-bond donors (Lipinski definition) is 0.